The third-order valence-corrected chi connectivity index (χ3v) is 6.35. The molecule has 8 nitrogen and oxygen atoms in total. The number of benzene rings is 2. The lowest BCUT2D eigenvalue weighted by Crippen LogP contribution is -2.19. The zero-order chi connectivity index (χ0) is 23.2. The third-order valence-electron chi connectivity index (χ3n) is 5.42. The van der Waals surface area contributed by atoms with Gasteiger partial charge in [0.05, 0.1) is 36.9 Å². The molecule has 172 valence electrons. The number of nitrogens with one attached hydrogen (secondary N) is 3. The fraction of sp³-hybridized carbons (Fsp3) is 0.292. The molecule has 0 aliphatic heterocycles. The van der Waals surface area contributed by atoms with Gasteiger partial charge in [-0.1, -0.05) is 35.6 Å². The van der Waals surface area contributed by atoms with Crippen LogP contribution >= 0.6 is 11.3 Å². The molecule has 0 fully saturated rings. The molecular formula is C24H26N4O4S. The van der Waals surface area contributed by atoms with E-state index >= 15 is 0 Å². The average molecular weight is 467 g/mol. The summed E-state index contributed by atoms with van der Waals surface area (Å²) in [5, 5.41) is 10.2. The number of thiazole rings is 1. The molecule has 33 heavy (non-hydrogen) atoms. The van der Waals surface area contributed by atoms with E-state index in [4.69, 9.17) is 9.47 Å². The molecule has 1 heterocycles. The quantitative estimate of drug-likeness (QED) is 0.325. The van der Waals surface area contributed by atoms with Crippen molar-refractivity contribution < 1.29 is 19.1 Å². The van der Waals surface area contributed by atoms with Crippen LogP contribution < -0.4 is 16.0 Å². The predicted octanol–water partition coefficient (Wildman–Crippen LogP) is 3.82. The van der Waals surface area contributed by atoms with Gasteiger partial charge in [-0.25, -0.2) is 9.78 Å². The first-order valence-electron chi connectivity index (χ1n) is 10.6. The molecule has 2 aromatic carbocycles. The van der Waals surface area contributed by atoms with E-state index in [0.29, 0.717) is 40.1 Å². The highest BCUT2D eigenvalue weighted by molar-refractivity contribution is 7.17. The van der Waals surface area contributed by atoms with Crippen molar-refractivity contribution in [3.8, 4) is 0 Å². The normalized spacial score (nSPS) is 12.8. The first-order chi connectivity index (χ1) is 16.1. The van der Waals surface area contributed by atoms with Crippen molar-refractivity contribution >= 4 is 39.7 Å². The molecule has 0 atom stereocenters. The second-order valence-electron chi connectivity index (χ2n) is 7.67. The van der Waals surface area contributed by atoms with Gasteiger partial charge in [-0.3, -0.25) is 4.79 Å². The van der Waals surface area contributed by atoms with Gasteiger partial charge in [0.25, 0.3) is 5.91 Å². The Morgan fingerprint density at radius 1 is 1.09 bits per heavy atom. The number of ether oxygens (including phenoxy) is 2. The maximum absolute atomic E-state index is 12.9. The zero-order valence-electron chi connectivity index (χ0n) is 18.5. The van der Waals surface area contributed by atoms with Gasteiger partial charge in [0, 0.05) is 19.7 Å². The van der Waals surface area contributed by atoms with Crippen LogP contribution in [0.15, 0.2) is 48.7 Å². The van der Waals surface area contributed by atoms with E-state index in [9.17, 15) is 9.59 Å². The average Bonchev–Trinajstić information content (AvgIpc) is 3.46. The van der Waals surface area contributed by atoms with Crippen molar-refractivity contribution in [2.45, 2.75) is 18.9 Å². The molecule has 3 N–H and O–H groups in total. The largest absolute Gasteiger partial charge is 0.465 e. The van der Waals surface area contributed by atoms with Crippen LogP contribution in [0, 0.1) is 0 Å². The van der Waals surface area contributed by atoms with E-state index in [1.165, 1.54) is 29.6 Å². The molecule has 0 saturated carbocycles. The molecule has 0 saturated heterocycles. The standard InChI is InChI=1S/C24H26N4O4S/c1-31-10-9-25-19-8-7-17(23(30)32-2)13-20(19)28-22(29)21-14-26-24(33-21)27-18-11-15-5-3-4-6-16(15)12-18/h3-8,13-14,18,25H,9-12H2,1-2H3,(H,26,27)(H,28,29). The molecule has 0 bridgehead atoms. The summed E-state index contributed by atoms with van der Waals surface area (Å²) >= 11 is 1.30. The molecular weight excluding hydrogens is 440 g/mol. The van der Waals surface area contributed by atoms with Crippen LogP contribution in [-0.2, 0) is 22.3 Å². The number of anilines is 3. The fourth-order valence-electron chi connectivity index (χ4n) is 3.80. The zero-order valence-corrected chi connectivity index (χ0v) is 19.3. The number of fused-ring (bicyclic) bond motifs is 1. The third kappa shape index (κ3) is 5.50. The second-order valence-corrected chi connectivity index (χ2v) is 8.70. The van der Waals surface area contributed by atoms with Crippen LogP contribution in [0.2, 0.25) is 0 Å². The van der Waals surface area contributed by atoms with Crippen molar-refractivity contribution in [3.63, 3.8) is 0 Å². The second kappa shape index (κ2) is 10.5. The Hall–Kier alpha value is -3.43. The lowest BCUT2D eigenvalue weighted by atomic mass is 10.1. The molecule has 0 unspecified atom stereocenters. The number of rotatable bonds is 9. The van der Waals surface area contributed by atoms with Crippen LogP contribution in [0.3, 0.4) is 0 Å². The number of methoxy groups -OCH3 is 2. The minimum Gasteiger partial charge on any atom is -0.465 e. The van der Waals surface area contributed by atoms with Crippen LogP contribution in [0.5, 0.6) is 0 Å². The maximum atomic E-state index is 12.9. The number of esters is 1. The Kier molecular flexibility index (Phi) is 7.21. The molecule has 9 heteroatoms. The number of nitrogens with zero attached hydrogens (tertiary/aromatic N) is 1. The van der Waals surface area contributed by atoms with Gasteiger partial charge in [0.1, 0.15) is 4.88 Å². The summed E-state index contributed by atoms with van der Waals surface area (Å²) in [6, 6.07) is 13.6. The number of hydrogen-bond donors (Lipinski definition) is 3. The predicted molar refractivity (Wildman–Crippen MR) is 129 cm³/mol. The number of hydrogen-bond acceptors (Lipinski definition) is 8. The van der Waals surface area contributed by atoms with Gasteiger partial charge in [-0.15, -0.1) is 0 Å². The lowest BCUT2D eigenvalue weighted by Gasteiger charge is -2.14. The summed E-state index contributed by atoms with van der Waals surface area (Å²) in [6.45, 7) is 1.05. The molecule has 3 aromatic rings. The first-order valence-corrected chi connectivity index (χ1v) is 11.4. The van der Waals surface area contributed by atoms with Crippen LogP contribution in [-0.4, -0.2) is 50.3 Å². The SMILES string of the molecule is COCCNc1ccc(C(=O)OC)cc1NC(=O)c1cnc(NC2Cc3ccccc3C2)s1. The maximum Gasteiger partial charge on any atom is 0.337 e. The molecule has 1 amide bonds. The Balaban J connectivity index is 1.44. The van der Waals surface area contributed by atoms with Crippen molar-refractivity contribution in [2.75, 3.05) is 43.3 Å². The number of amides is 1. The monoisotopic (exact) mass is 466 g/mol. The summed E-state index contributed by atoms with van der Waals surface area (Å²) in [7, 11) is 2.93. The highest BCUT2D eigenvalue weighted by Crippen LogP contribution is 2.28. The van der Waals surface area contributed by atoms with E-state index in [-0.39, 0.29) is 11.9 Å². The van der Waals surface area contributed by atoms with E-state index in [0.717, 1.165) is 12.8 Å². The van der Waals surface area contributed by atoms with Gasteiger partial charge >= 0.3 is 5.97 Å². The topological polar surface area (TPSA) is 102 Å². The number of aromatic nitrogens is 1. The van der Waals surface area contributed by atoms with Crippen LogP contribution in [0.1, 0.15) is 31.2 Å². The van der Waals surface area contributed by atoms with E-state index < -0.39 is 5.97 Å². The summed E-state index contributed by atoms with van der Waals surface area (Å²) in [4.78, 5) is 29.7. The Morgan fingerprint density at radius 2 is 1.85 bits per heavy atom. The minimum absolute atomic E-state index is 0.262. The van der Waals surface area contributed by atoms with Crippen LogP contribution in [0.4, 0.5) is 16.5 Å². The van der Waals surface area contributed by atoms with Gasteiger partial charge in [0.15, 0.2) is 5.13 Å². The van der Waals surface area contributed by atoms with Crippen molar-refractivity contribution in [1.29, 1.82) is 0 Å². The highest BCUT2D eigenvalue weighted by Gasteiger charge is 2.22. The Labute approximate surface area is 196 Å². The molecule has 1 aliphatic carbocycles. The Bertz CT molecular complexity index is 1120. The van der Waals surface area contributed by atoms with E-state index in [1.807, 2.05) is 0 Å². The van der Waals surface area contributed by atoms with Crippen molar-refractivity contribution in [3.05, 3.63) is 70.2 Å². The first kappa shape index (κ1) is 22.8. The number of carbonyl (C=O) groups is 2. The van der Waals surface area contributed by atoms with Gasteiger partial charge < -0.3 is 25.4 Å². The fourth-order valence-corrected chi connectivity index (χ4v) is 4.59. The van der Waals surface area contributed by atoms with E-state index in [2.05, 4.69) is 45.2 Å². The van der Waals surface area contributed by atoms with Crippen LogP contribution in [0.25, 0.3) is 0 Å². The van der Waals surface area contributed by atoms with Crippen molar-refractivity contribution in [1.82, 2.24) is 4.98 Å². The smallest absolute Gasteiger partial charge is 0.337 e. The number of carbonyl (C=O) groups excluding carboxylic acids is 2. The molecule has 4 rings (SSSR count). The summed E-state index contributed by atoms with van der Waals surface area (Å²) in [5.74, 6) is -0.775. The summed E-state index contributed by atoms with van der Waals surface area (Å²) in [5.41, 5.74) is 4.21. The lowest BCUT2D eigenvalue weighted by molar-refractivity contribution is 0.0600. The van der Waals surface area contributed by atoms with Gasteiger partial charge in [0.2, 0.25) is 0 Å². The molecule has 0 spiro atoms. The summed E-state index contributed by atoms with van der Waals surface area (Å²) < 4.78 is 9.87. The summed E-state index contributed by atoms with van der Waals surface area (Å²) in [6.07, 6.45) is 3.44. The van der Waals surface area contributed by atoms with Gasteiger partial charge in [-0.2, -0.15) is 0 Å². The van der Waals surface area contributed by atoms with Crippen molar-refractivity contribution in [2.24, 2.45) is 0 Å². The minimum atomic E-state index is -0.476. The van der Waals surface area contributed by atoms with Gasteiger partial charge in [-0.05, 0) is 42.2 Å². The molecule has 1 aromatic heterocycles. The molecule has 1 aliphatic rings. The highest BCUT2D eigenvalue weighted by atomic mass is 32.1. The molecule has 0 radical (unpaired) electrons. The Morgan fingerprint density at radius 3 is 2.55 bits per heavy atom. The van der Waals surface area contributed by atoms with E-state index in [1.54, 1.807) is 31.5 Å².